The molecule has 0 bridgehead atoms. The van der Waals surface area contributed by atoms with Crippen LogP contribution in [0.2, 0.25) is 0 Å². The fourth-order valence-electron chi connectivity index (χ4n) is 2.97. The summed E-state index contributed by atoms with van der Waals surface area (Å²) < 4.78 is 27.0. The van der Waals surface area contributed by atoms with Crippen LogP contribution in [0.3, 0.4) is 0 Å². The predicted octanol–water partition coefficient (Wildman–Crippen LogP) is 4.30. The maximum atomic E-state index is 13.9. The van der Waals surface area contributed by atoms with Gasteiger partial charge in [0.2, 0.25) is 0 Å². The summed E-state index contributed by atoms with van der Waals surface area (Å²) in [6, 6.07) is 8.22. The van der Waals surface area contributed by atoms with Crippen molar-refractivity contribution in [3.05, 3.63) is 59.9 Å². The van der Waals surface area contributed by atoms with Gasteiger partial charge in [-0.2, -0.15) is 5.26 Å². The van der Waals surface area contributed by atoms with Gasteiger partial charge in [0.25, 0.3) is 0 Å². The lowest BCUT2D eigenvalue weighted by Crippen LogP contribution is -2.30. The van der Waals surface area contributed by atoms with Crippen LogP contribution in [0.25, 0.3) is 5.70 Å². The summed E-state index contributed by atoms with van der Waals surface area (Å²) in [6.45, 7) is 5.67. The molecule has 128 valence electrons. The third-order valence-corrected chi connectivity index (χ3v) is 4.20. The van der Waals surface area contributed by atoms with E-state index >= 15 is 0 Å². The van der Waals surface area contributed by atoms with Crippen LogP contribution in [0.4, 0.5) is 20.2 Å². The van der Waals surface area contributed by atoms with Gasteiger partial charge < -0.3 is 10.2 Å². The Labute approximate surface area is 145 Å². The Balaban J connectivity index is 1.92. The first-order valence-corrected chi connectivity index (χ1v) is 8.15. The number of benzene rings is 1. The van der Waals surface area contributed by atoms with E-state index < -0.39 is 11.6 Å². The van der Waals surface area contributed by atoms with Crippen molar-refractivity contribution in [3.8, 4) is 6.07 Å². The number of pyridine rings is 1. The largest absolute Gasteiger partial charge is 0.370 e. The van der Waals surface area contributed by atoms with Crippen LogP contribution in [0.5, 0.6) is 0 Å². The van der Waals surface area contributed by atoms with Gasteiger partial charge in [-0.1, -0.05) is 6.58 Å². The summed E-state index contributed by atoms with van der Waals surface area (Å²) >= 11 is 0. The highest BCUT2D eigenvalue weighted by molar-refractivity contribution is 5.82. The van der Waals surface area contributed by atoms with E-state index in [-0.39, 0.29) is 11.4 Å². The van der Waals surface area contributed by atoms with Gasteiger partial charge in [0, 0.05) is 19.2 Å². The van der Waals surface area contributed by atoms with Gasteiger partial charge in [0.15, 0.2) is 5.82 Å². The fraction of sp³-hybridized carbons (Fsp3) is 0.263. The normalized spacial score (nSPS) is 14.0. The molecule has 2 heterocycles. The Morgan fingerprint density at radius 1 is 1.20 bits per heavy atom. The number of halogens is 2. The Morgan fingerprint density at radius 2 is 1.96 bits per heavy atom. The van der Waals surface area contributed by atoms with Crippen LogP contribution < -0.4 is 10.2 Å². The van der Waals surface area contributed by atoms with E-state index in [1.54, 1.807) is 12.1 Å². The second-order valence-electron chi connectivity index (χ2n) is 5.98. The Hall–Kier alpha value is -2.94. The quantitative estimate of drug-likeness (QED) is 0.901. The monoisotopic (exact) mass is 340 g/mol. The molecular formula is C19H18F2N4. The molecule has 1 fully saturated rings. The van der Waals surface area contributed by atoms with Crippen molar-refractivity contribution in [1.82, 2.24) is 4.98 Å². The Morgan fingerprint density at radius 3 is 2.64 bits per heavy atom. The van der Waals surface area contributed by atoms with Gasteiger partial charge in [0.1, 0.15) is 11.5 Å². The molecule has 1 aromatic carbocycles. The van der Waals surface area contributed by atoms with E-state index in [0.717, 1.165) is 43.9 Å². The van der Waals surface area contributed by atoms with E-state index in [1.807, 2.05) is 6.07 Å². The molecule has 1 aromatic heterocycles. The summed E-state index contributed by atoms with van der Waals surface area (Å²) in [4.78, 5) is 6.00. The number of anilines is 2. The van der Waals surface area contributed by atoms with Crippen LogP contribution in [-0.4, -0.2) is 18.1 Å². The van der Waals surface area contributed by atoms with Gasteiger partial charge in [0.05, 0.1) is 34.9 Å². The molecule has 25 heavy (non-hydrogen) atoms. The number of hydrogen-bond acceptors (Lipinski definition) is 4. The Bertz CT molecular complexity index is 836. The minimum Gasteiger partial charge on any atom is -0.370 e. The summed E-state index contributed by atoms with van der Waals surface area (Å²) in [7, 11) is 0. The molecule has 1 aliphatic heterocycles. The minimum absolute atomic E-state index is 0.0478. The van der Waals surface area contributed by atoms with Crippen molar-refractivity contribution in [1.29, 1.82) is 5.26 Å². The molecule has 0 amide bonds. The van der Waals surface area contributed by atoms with E-state index in [0.29, 0.717) is 11.3 Å². The highest BCUT2D eigenvalue weighted by Gasteiger charge is 2.17. The number of nitriles is 1. The third kappa shape index (κ3) is 3.77. The van der Waals surface area contributed by atoms with Crippen molar-refractivity contribution < 1.29 is 8.78 Å². The van der Waals surface area contributed by atoms with Gasteiger partial charge in [-0.25, -0.2) is 13.8 Å². The van der Waals surface area contributed by atoms with Gasteiger partial charge >= 0.3 is 0 Å². The molecule has 2 aromatic rings. The number of nitrogens with one attached hydrogen (secondary N) is 1. The van der Waals surface area contributed by atoms with Crippen LogP contribution in [-0.2, 0) is 0 Å². The molecule has 4 nitrogen and oxygen atoms in total. The summed E-state index contributed by atoms with van der Waals surface area (Å²) in [5.41, 5.74) is 2.25. The average Bonchev–Trinajstić information content (AvgIpc) is 2.62. The maximum Gasteiger partial charge on any atom is 0.153 e. The molecule has 0 spiro atoms. The summed E-state index contributed by atoms with van der Waals surface area (Å²) in [5, 5.41) is 12.2. The van der Waals surface area contributed by atoms with Gasteiger partial charge in [-0.15, -0.1) is 0 Å². The number of aromatic nitrogens is 1. The SMILES string of the molecule is C=C(Nc1cc(C#N)ccc1N1CCCCC1)c1ncc(F)cc1F. The van der Waals surface area contributed by atoms with E-state index in [1.165, 1.54) is 6.42 Å². The molecule has 6 heteroatoms. The second kappa shape index (κ2) is 7.31. The molecule has 0 atom stereocenters. The van der Waals surface area contributed by atoms with E-state index in [9.17, 15) is 8.78 Å². The average molecular weight is 340 g/mol. The van der Waals surface area contributed by atoms with Crippen molar-refractivity contribution >= 4 is 17.1 Å². The van der Waals surface area contributed by atoms with Crippen molar-refractivity contribution in [2.24, 2.45) is 0 Å². The molecule has 1 aliphatic rings. The lowest BCUT2D eigenvalue weighted by molar-refractivity contribution is 0.570. The zero-order valence-corrected chi connectivity index (χ0v) is 13.7. The molecule has 3 rings (SSSR count). The topological polar surface area (TPSA) is 52.0 Å². The first-order chi connectivity index (χ1) is 12.1. The summed E-state index contributed by atoms with van der Waals surface area (Å²) in [6.07, 6.45) is 4.36. The summed E-state index contributed by atoms with van der Waals surface area (Å²) in [5.74, 6) is -1.53. The van der Waals surface area contributed by atoms with Crippen LogP contribution in [0.15, 0.2) is 37.0 Å². The Kier molecular flexibility index (Phi) is 4.94. The lowest BCUT2D eigenvalue weighted by Gasteiger charge is -2.31. The number of rotatable bonds is 4. The fourth-order valence-corrected chi connectivity index (χ4v) is 2.97. The molecule has 1 saturated heterocycles. The van der Waals surface area contributed by atoms with Gasteiger partial charge in [-0.05, 0) is 37.5 Å². The van der Waals surface area contributed by atoms with Crippen molar-refractivity contribution in [2.45, 2.75) is 19.3 Å². The standard InChI is InChI=1S/C19H18F2N4/c1-13(19-16(21)10-15(20)12-23-19)24-17-9-14(11-22)5-6-18(17)25-7-3-2-4-8-25/h5-6,9-10,12,24H,1-4,7-8H2. The smallest absolute Gasteiger partial charge is 0.153 e. The number of piperidine rings is 1. The zero-order chi connectivity index (χ0) is 17.8. The molecule has 0 aliphatic carbocycles. The zero-order valence-electron chi connectivity index (χ0n) is 13.7. The van der Waals surface area contributed by atoms with Crippen molar-refractivity contribution in [2.75, 3.05) is 23.3 Å². The first kappa shape index (κ1) is 16.9. The lowest BCUT2D eigenvalue weighted by atomic mass is 10.1. The maximum absolute atomic E-state index is 13.9. The second-order valence-corrected chi connectivity index (χ2v) is 5.98. The third-order valence-electron chi connectivity index (χ3n) is 4.20. The molecule has 0 radical (unpaired) electrons. The van der Waals surface area contributed by atoms with Crippen molar-refractivity contribution in [3.63, 3.8) is 0 Å². The first-order valence-electron chi connectivity index (χ1n) is 8.15. The molecular weight excluding hydrogens is 322 g/mol. The van der Waals surface area contributed by atoms with Crippen LogP contribution in [0.1, 0.15) is 30.5 Å². The highest BCUT2D eigenvalue weighted by Crippen LogP contribution is 2.31. The van der Waals surface area contributed by atoms with E-state index in [2.05, 4.69) is 27.8 Å². The van der Waals surface area contributed by atoms with Gasteiger partial charge in [-0.3, -0.25) is 0 Å². The van der Waals surface area contributed by atoms with Crippen LogP contribution >= 0.6 is 0 Å². The minimum atomic E-state index is -0.784. The molecule has 0 unspecified atom stereocenters. The van der Waals surface area contributed by atoms with E-state index in [4.69, 9.17) is 5.26 Å². The molecule has 1 N–H and O–H groups in total. The molecule has 0 saturated carbocycles. The highest BCUT2D eigenvalue weighted by atomic mass is 19.1. The predicted molar refractivity (Wildman–Crippen MR) is 94.0 cm³/mol. The number of nitrogens with zero attached hydrogens (tertiary/aromatic N) is 3. The van der Waals surface area contributed by atoms with Crippen LogP contribution in [0, 0.1) is 23.0 Å². The number of hydrogen-bond donors (Lipinski definition) is 1.